The number of nitrogens with two attached hydrogens (primary N) is 1. The maximum atomic E-state index is 5.84. The van der Waals surface area contributed by atoms with E-state index >= 15 is 0 Å². The van der Waals surface area contributed by atoms with Gasteiger partial charge in [0.25, 0.3) is 0 Å². The van der Waals surface area contributed by atoms with Crippen LogP contribution in [0, 0.1) is 0 Å². The zero-order chi connectivity index (χ0) is 10.9. The molecule has 0 radical (unpaired) electrons. The Morgan fingerprint density at radius 2 is 1.53 bits per heavy atom. The first-order valence-corrected chi connectivity index (χ1v) is 7.95. The van der Waals surface area contributed by atoms with Crippen LogP contribution in [0.5, 0.6) is 0 Å². The maximum absolute atomic E-state index is 5.84. The van der Waals surface area contributed by atoms with E-state index in [1.165, 1.54) is 0 Å². The molecule has 0 spiro atoms. The van der Waals surface area contributed by atoms with E-state index < -0.39 is 8.56 Å². The van der Waals surface area contributed by atoms with Gasteiger partial charge in [0.2, 0.25) is 0 Å². The van der Waals surface area contributed by atoms with Crippen LogP contribution in [-0.4, -0.2) is 28.3 Å². The van der Waals surface area contributed by atoms with Crippen molar-refractivity contribution >= 4 is 8.56 Å². The summed E-state index contributed by atoms with van der Waals surface area (Å²) in [5, 5.41) is 0. The van der Waals surface area contributed by atoms with Gasteiger partial charge >= 0.3 is 8.56 Å². The Balaban J connectivity index is 0. The maximum Gasteiger partial charge on any atom is 0.337 e. The minimum absolute atomic E-state index is 0. The van der Waals surface area contributed by atoms with Gasteiger partial charge in [0.05, 0.1) is 0 Å². The van der Waals surface area contributed by atoms with Crippen LogP contribution >= 0.6 is 0 Å². The van der Waals surface area contributed by atoms with E-state index in [1.54, 1.807) is 0 Å². The first kappa shape index (κ1) is 17.5. The molecule has 0 aliphatic carbocycles. The summed E-state index contributed by atoms with van der Waals surface area (Å²) in [4.78, 5) is 0. The molecule has 0 bridgehead atoms. The van der Waals surface area contributed by atoms with Crippen LogP contribution in [0.25, 0.3) is 0 Å². The van der Waals surface area contributed by atoms with E-state index in [9.17, 15) is 0 Å². The van der Waals surface area contributed by atoms with Gasteiger partial charge in [0, 0.05) is 13.2 Å². The third kappa shape index (κ3) is 7.02. The van der Waals surface area contributed by atoms with Gasteiger partial charge in [-0.15, -0.1) is 0 Å². The number of hydrogen-bond acceptors (Lipinski definition) is 4. The van der Waals surface area contributed by atoms with Crippen molar-refractivity contribution in [1.82, 2.24) is 6.15 Å². The van der Waals surface area contributed by atoms with E-state index in [4.69, 9.17) is 14.6 Å². The van der Waals surface area contributed by atoms with Crippen LogP contribution in [0.2, 0.25) is 12.1 Å². The van der Waals surface area contributed by atoms with E-state index in [2.05, 4.69) is 6.92 Å². The largest absolute Gasteiger partial charge is 0.394 e. The lowest BCUT2D eigenvalue weighted by molar-refractivity contribution is 0.182. The highest BCUT2D eigenvalue weighted by Crippen LogP contribution is 2.21. The fourth-order valence-electron chi connectivity index (χ4n) is 1.63. The lowest BCUT2D eigenvalue weighted by Gasteiger charge is -2.28. The van der Waals surface area contributed by atoms with Crippen molar-refractivity contribution in [3.05, 3.63) is 0 Å². The fourth-order valence-corrected chi connectivity index (χ4v) is 4.61. The van der Waals surface area contributed by atoms with Crippen LogP contribution in [0.1, 0.15) is 33.6 Å². The van der Waals surface area contributed by atoms with Crippen LogP contribution in [-0.2, 0) is 8.85 Å². The highest BCUT2D eigenvalue weighted by atomic mass is 28.4. The van der Waals surface area contributed by atoms with Gasteiger partial charge in [0.1, 0.15) is 0 Å². The molecule has 4 nitrogen and oxygen atoms in total. The molecule has 0 atom stereocenters. The van der Waals surface area contributed by atoms with E-state index in [-0.39, 0.29) is 6.15 Å². The van der Waals surface area contributed by atoms with Crippen LogP contribution < -0.4 is 11.9 Å². The van der Waals surface area contributed by atoms with Crippen molar-refractivity contribution < 1.29 is 8.85 Å². The molecule has 5 N–H and O–H groups in total. The summed E-state index contributed by atoms with van der Waals surface area (Å²) in [6.45, 7) is 8.55. The Morgan fingerprint density at radius 1 is 1.00 bits per heavy atom. The predicted molar refractivity (Wildman–Crippen MR) is 67.6 cm³/mol. The lowest BCUT2D eigenvalue weighted by atomic mass is 10.3. The highest BCUT2D eigenvalue weighted by Gasteiger charge is 2.33. The third-order valence-electron chi connectivity index (χ3n) is 2.37. The second kappa shape index (κ2) is 10.6. The van der Waals surface area contributed by atoms with E-state index in [1.807, 2.05) is 13.8 Å². The number of hydrogen-bond donors (Lipinski definition) is 2. The minimum Gasteiger partial charge on any atom is -0.394 e. The molecule has 0 aromatic carbocycles. The highest BCUT2D eigenvalue weighted by molar-refractivity contribution is 6.67. The molecular weight excluding hydrogens is 208 g/mol. The van der Waals surface area contributed by atoms with Crippen molar-refractivity contribution in [3.63, 3.8) is 0 Å². The average Bonchev–Trinajstić information content (AvgIpc) is 2.19. The van der Waals surface area contributed by atoms with Crippen molar-refractivity contribution in [2.75, 3.05) is 19.8 Å². The number of unbranched alkanes of at least 4 members (excludes halogenated alkanes) is 1. The molecule has 0 rings (SSSR count). The molecular formula is C10H28N2O2Si. The van der Waals surface area contributed by atoms with Crippen LogP contribution in [0.15, 0.2) is 0 Å². The van der Waals surface area contributed by atoms with Crippen molar-refractivity contribution in [1.29, 1.82) is 0 Å². The molecule has 5 heteroatoms. The lowest BCUT2D eigenvalue weighted by Crippen LogP contribution is -2.41. The molecule has 0 aliphatic rings. The topological polar surface area (TPSA) is 79.5 Å². The molecule has 0 fully saturated rings. The number of rotatable bonds is 9. The molecule has 0 heterocycles. The van der Waals surface area contributed by atoms with Crippen molar-refractivity contribution in [2.45, 2.75) is 45.7 Å². The molecule has 15 heavy (non-hydrogen) atoms. The van der Waals surface area contributed by atoms with E-state index in [0.29, 0.717) is 0 Å². The summed E-state index contributed by atoms with van der Waals surface area (Å²) in [6.07, 6.45) is 2.21. The zero-order valence-electron chi connectivity index (χ0n) is 10.6. The SMILES string of the molecule is CCO[Si](CC)(CCCCN)OCC.N. The summed E-state index contributed by atoms with van der Waals surface area (Å²) in [5.41, 5.74) is 5.48. The Labute approximate surface area is 95.4 Å². The summed E-state index contributed by atoms with van der Waals surface area (Å²) in [7, 11) is -1.86. The summed E-state index contributed by atoms with van der Waals surface area (Å²) >= 11 is 0. The first-order chi connectivity index (χ1) is 6.74. The fraction of sp³-hybridized carbons (Fsp3) is 1.00. The van der Waals surface area contributed by atoms with Crippen molar-refractivity contribution in [3.8, 4) is 0 Å². The smallest absolute Gasteiger partial charge is 0.337 e. The Morgan fingerprint density at radius 3 is 1.87 bits per heavy atom. The van der Waals surface area contributed by atoms with Gasteiger partial charge in [0.15, 0.2) is 0 Å². The monoisotopic (exact) mass is 236 g/mol. The summed E-state index contributed by atoms with van der Waals surface area (Å²) in [5.74, 6) is 0. The van der Waals surface area contributed by atoms with Gasteiger partial charge in [-0.1, -0.05) is 13.3 Å². The van der Waals surface area contributed by atoms with Crippen LogP contribution in [0.3, 0.4) is 0 Å². The molecule has 0 saturated heterocycles. The Hall–Kier alpha value is 0.0569. The summed E-state index contributed by atoms with van der Waals surface area (Å²) in [6, 6.07) is 2.13. The molecule has 0 aromatic rings. The molecule has 0 aliphatic heterocycles. The van der Waals surface area contributed by atoms with Gasteiger partial charge in [-0.25, -0.2) is 0 Å². The second-order valence-electron chi connectivity index (χ2n) is 3.38. The van der Waals surface area contributed by atoms with Gasteiger partial charge in [-0.3, -0.25) is 0 Å². The second-order valence-corrected chi connectivity index (χ2v) is 6.98. The molecule has 0 saturated carbocycles. The molecule has 94 valence electrons. The molecule has 0 unspecified atom stereocenters. The van der Waals surface area contributed by atoms with E-state index in [0.717, 1.165) is 44.7 Å². The summed E-state index contributed by atoms with van der Waals surface area (Å²) < 4.78 is 11.7. The normalized spacial score (nSPS) is 11.2. The minimum atomic E-state index is -1.86. The van der Waals surface area contributed by atoms with Gasteiger partial charge < -0.3 is 20.7 Å². The molecule has 0 amide bonds. The quantitative estimate of drug-likeness (QED) is 0.476. The average molecular weight is 236 g/mol. The van der Waals surface area contributed by atoms with Gasteiger partial charge in [-0.05, 0) is 38.9 Å². The van der Waals surface area contributed by atoms with Gasteiger partial charge in [-0.2, -0.15) is 0 Å². The standard InChI is InChI=1S/C10H25NO2Si.H3N/c1-4-12-14(6-3,13-5-2)10-8-7-9-11;/h4-11H2,1-3H3;1H3. The van der Waals surface area contributed by atoms with Crippen LogP contribution in [0.4, 0.5) is 0 Å². The first-order valence-electron chi connectivity index (χ1n) is 5.72. The predicted octanol–water partition coefficient (Wildman–Crippen LogP) is 2.42. The molecule has 0 aromatic heterocycles. The van der Waals surface area contributed by atoms with Crippen molar-refractivity contribution in [2.24, 2.45) is 5.73 Å². The Kier molecular flexibility index (Phi) is 12.3. The zero-order valence-corrected chi connectivity index (χ0v) is 11.6. The Bertz CT molecular complexity index is 131. The third-order valence-corrected chi connectivity index (χ3v) is 6.19.